The summed E-state index contributed by atoms with van der Waals surface area (Å²) in [5.74, 6) is -1.94. The molecule has 2 rings (SSSR count). The molecule has 26 heavy (non-hydrogen) atoms. The van der Waals surface area contributed by atoms with Gasteiger partial charge in [0, 0.05) is 35.6 Å². The maximum atomic E-state index is 12.0. The van der Waals surface area contributed by atoms with Crippen molar-refractivity contribution < 1.29 is 19.4 Å². The highest BCUT2D eigenvalue weighted by Crippen LogP contribution is 2.22. The fourth-order valence-corrected chi connectivity index (χ4v) is 2.16. The minimum atomic E-state index is -0.972. The summed E-state index contributed by atoms with van der Waals surface area (Å²) in [5, 5.41) is 26.1. The molecular weight excluding hydrogens is 344 g/mol. The average molecular weight is 358 g/mol. The van der Waals surface area contributed by atoms with Crippen molar-refractivity contribution in [3.8, 4) is 0 Å². The Morgan fingerprint density at radius 3 is 1.38 bits per heavy atom. The van der Waals surface area contributed by atoms with Crippen LogP contribution < -0.4 is 10.6 Å². The first kappa shape index (κ1) is 18.5. The molecule has 0 aromatic heterocycles. The Morgan fingerprint density at radius 2 is 1.12 bits per heavy atom. The largest absolute Gasteiger partial charge is 0.318 e. The summed E-state index contributed by atoms with van der Waals surface area (Å²) in [6.07, 6.45) is 0. The summed E-state index contributed by atoms with van der Waals surface area (Å²) >= 11 is 0. The third-order valence-corrected chi connectivity index (χ3v) is 3.54. The van der Waals surface area contributed by atoms with Crippen LogP contribution in [-0.2, 0) is 9.59 Å². The van der Waals surface area contributed by atoms with Gasteiger partial charge >= 0.3 is 11.8 Å². The number of hydrogen-bond donors (Lipinski definition) is 2. The molecule has 0 aliphatic carbocycles. The highest BCUT2D eigenvalue weighted by molar-refractivity contribution is 6.43. The van der Waals surface area contributed by atoms with Crippen LogP contribution in [0.15, 0.2) is 36.4 Å². The van der Waals surface area contributed by atoms with E-state index in [1.165, 1.54) is 36.4 Å². The first-order valence-corrected chi connectivity index (χ1v) is 7.31. The number of hydrogen-bond acceptors (Lipinski definition) is 6. The highest BCUT2D eigenvalue weighted by Gasteiger charge is 2.18. The third kappa shape index (κ3) is 4.17. The van der Waals surface area contributed by atoms with Gasteiger partial charge in [0.25, 0.3) is 11.4 Å². The van der Waals surface area contributed by atoms with Crippen molar-refractivity contribution in [1.82, 2.24) is 0 Å². The van der Waals surface area contributed by atoms with Crippen LogP contribution in [0.4, 0.5) is 22.7 Å². The smallest absolute Gasteiger partial charge is 0.314 e. The molecule has 2 amide bonds. The number of nitrogens with one attached hydrogen (secondary N) is 2. The molecule has 0 fully saturated rings. The maximum Gasteiger partial charge on any atom is 0.314 e. The highest BCUT2D eigenvalue weighted by atomic mass is 16.6. The Kier molecular flexibility index (Phi) is 5.26. The zero-order valence-corrected chi connectivity index (χ0v) is 13.8. The van der Waals surface area contributed by atoms with Crippen LogP contribution in [0.25, 0.3) is 0 Å². The number of amides is 2. The number of non-ortho nitro benzene ring substituents is 2. The van der Waals surface area contributed by atoms with E-state index < -0.39 is 21.7 Å². The van der Waals surface area contributed by atoms with Crippen LogP contribution in [0.1, 0.15) is 11.1 Å². The second-order valence-corrected chi connectivity index (χ2v) is 5.42. The number of aryl methyl sites for hydroxylation is 2. The van der Waals surface area contributed by atoms with E-state index >= 15 is 0 Å². The summed E-state index contributed by atoms with van der Waals surface area (Å²) in [6.45, 7) is 3.11. The number of nitro benzene ring substituents is 2. The van der Waals surface area contributed by atoms with Gasteiger partial charge in [0.2, 0.25) is 0 Å². The minimum Gasteiger partial charge on any atom is -0.318 e. The predicted octanol–water partition coefficient (Wildman–Crippen LogP) is 2.70. The standard InChI is InChI=1S/C16H14N4O6/c1-9-7-11(19(23)24)3-5-13(9)17-15(21)16(22)18-14-6-4-12(20(25)26)8-10(14)2/h3-8H,1-2H3,(H,17,21)(H,18,22). The average Bonchev–Trinajstić information content (AvgIpc) is 2.57. The Hall–Kier alpha value is -3.82. The lowest BCUT2D eigenvalue weighted by molar-refractivity contribution is -0.385. The van der Waals surface area contributed by atoms with Gasteiger partial charge in [-0.25, -0.2) is 0 Å². The molecule has 10 nitrogen and oxygen atoms in total. The number of carbonyl (C=O) groups excluding carboxylic acids is 2. The van der Waals surface area contributed by atoms with Gasteiger partial charge in [-0.3, -0.25) is 29.8 Å². The van der Waals surface area contributed by atoms with Gasteiger partial charge in [-0.15, -0.1) is 0 Å². The number of rotatable bonds is 4. The Morgan fingerprint density at radius 1 is 0.769 bits per heavy atom. The number of nitro groups is 2. The molecule has 0 saturated heterocycles. The van der Waals surface area contributed by atoms with Gasteiger partial charge in [0.15, 0.2) is 0 Å². The molecule has 0 atom stereocenters. The van der Waals surface area contributed by atoms with E-state index in [2.05, 4.69) is 10.6 Å². The minimum absolute atomic E-state index is 0.133. The van der Waals surface area contributed by atoms with E-state index in [0.29, 0.717) is 11.1 Å². The topological polar surface area (TPSA) is 144 Å². The first-order chi connectivity index (χ1) is 12.2. The summed E-state index contributed by atoms with van der Waals surface area (Å²) in [4.78, 5) is 44.3. The van der Waals surface area contributed by atoms with Crippen molar-refractivity contribution in [3.05, 3.63) is 67.8 Å². The third-order valence-electron chi connectivity index (χ3n) is 3.54. The zero-order chi connectivity index (χ0) is 19.4. The lowest BCUT2D eigenvalue weighted by Gasteiger charge is -2.10. The molecule has 0 radical (unpaired) electrons. The Bertz CT molecular complexity index is 849. The normalized spacial score (nSPS) is 10.1. The molecule has 0 bridgehead atoms. The SMILES string of the molecule is Cc1cc([N+](=O)[O-])ccc1NC(=O)C(=O)Nc1ccc([N+](=O)[O-])cc1C. The van der Waals surface area contributed by atoms with Gasteiger partial charge in [-0.05, 0) is 37.1 Å². The first-order valence-electron chi connectivity index (χ1n) is 7.31. The predicted molar refractivity (Wildman–Crippen MR) is 92.9 cm³/mol. The lowest BCUT2D eigenvalue weighted by atomic mass is 10.1. The van der Waals surface area contributed by atoms with Crippen molar-refractivity contribution in [2.45, 2.75) is 13.8 Å². The lowest BCUT2D eigenvalue weighted by Crippen LogP contribution is -2.29. The molecular formula is C16H14N4O6. The van der Waals surface area contributed by atoms with E-state index in [-0.39, 0.29) is 22.7 Å². The fraction of sp³-hybridized carbons (Fsp3) is 0.125. The van der Waals surface area contributed by atoms with Gasteiger partial charge in [0.1, 0.15) is 0 Å². The van der Waals surface area contributed by atoms with Gasteiger partial charge in [-0.2, -0.15) is 0 Å². The van der Waals surface area contributed by atoms with E-state index in [9.17, 15) is 29.8 Å². The Balaban J connectivity index is 2.10. The van der Waals surface area contributed by atoms with Crippen molar-refractivity contribution in [3.63, 3.8) is 0 Å². The number of benzene rings is 2. The molecule has 2 aromatic carbocycles. The summed E-state index contributed by atoms with van der Waals surface area (Å²) in [7, 11) is 0. The van der Waals surface area contributed by atoms with Crippen LogP contribution in [-0.4, -0.2) is 21.7 Å². The molecule has 0 aliphatic heterocycles. The number of nitrogens with zero attached hydrogens (tertiary/aromatic N) is 2. The van der Waals surface area contributed by atoms with E-state index in [0.717, 1.165) is 0 Å². The van der Waals surface area contributed by atoms with Crippen LogP contribution in [0, 0.1) is 34.1 Å². The van der Waals surface area contributed by atoms with Crippen LogP contribution in [0.5, 0.6) is 0 Å². The molecule has 2 N–H and O–H groups in total. The molecule has 10 heteroatoms. The number of anilines is 2. The molecule has 0 unspecified atom stereocenters. The second-order valence-electron chi connectivity index (χ2n) is 5.42. The van der Waals surface area contributed by atoms with Crippen molar-refractivity contribution in [2.75, 3.05) is 10.6 Å². The quantitative estimate of drug-likeness (QED) is 0.488. The van der Waals surface area contributed by atoms with Gasteiger partial charge in [-0.1, -0.05) is 0 Å². The summed E-state index contributed by atoms with van der Waals surface area (Å²) < 4.78 is 0. The maximum absolute atomic E-state index is 12.0. The molecule has 2 aromatic rings. The van der Waals surface area contributed by atoms with Crippen molar-refractivity contribution in [1.29, 1.82) is 0 Å². The molecule has 0 heterocycles. The van der Waals surface area contributed by atoms with Gasteiger partial charge < -0.3 is 10.6 Å². The van der Waals surface area contributed by atoms with Crippen LogP contribution >= 0.6 is 0 Å². The van der Waals surface area contributed by atoms with Crippen LogP contribution in [0.3, 0.4) is 0 Å². The molecule has 0 saturated carbocycles. The van der Waals surface area contributed by atoms with Gasteiger partial charge in [0.05, 0.1) is 9.85 Å². The van der Waals surface area contributed by atoms with E-state index in [4.69, 9.17) is 0 Å². The second kappa shape index (κ2) is 7.38. The molecule has 0 aliphatic rings. The van der Waals surface area contributed by atoms with E-state index in [1.807, 2.05) is 0 Å². The van der Waals surface area contributed by atoms with Crippen molar-refractivity contribution >= 4 is 34.6 Å². The molecule has 134 valence electrons. The van der Waals surface area contributed by atoms with Crippen LogP contribution in [0.2, 0.25) is 0 Å². The summed E-state index contributed by atoms with van der Waals surface area (Å²) in [6, 6.07) is 7.62. The monoisotopic (exact) mass is 358 g/mol. The number of carbonyl (C=O) groups is 2. The van der Waals surface area contributed by atoms with Crippen molar-refractivity contribution in [2.24, 2.45) is 0 Å². The fourth-order valence-electron chi connectivity index (χ4n) is 2.16. The molecule has 0 spiro atoms. The van der Waals surface area contributed by atoms with E-state index in [1.54, 1.807) is 13.8 Å². The zero-order valence-electron chi connectivity index (χ0n) is 13.8. The Labute approximate surface area is 147 Å². The summed E-state index contributed by atoms with van der Waals surface area (Å²) in [5.41, 5.74) is 1.10.